The number of methoxy groups -OCH3 is 2. The van der Waals surface area contributed by atoms with Gasteiger partial charge in [0, 0.05) is 5.39 Å². The average Bonchev–Trinajstić information content (AvgIpc) is 3.59. The van der Waals surface area contributed by atoms with Crippen molar-refractivity contribution in [2.45, 2.75) is 26.5 Å². The van der Waals surface area contributed by atoms with Crippen LogP contribution in [-0.2, 0) is 0 Å². The van der Waals surface area contributed by atoms with Crippen molar-refractivity contribution in [3.63, 3.8) is 0 Å². The summed E-state index contributed by atoms with van der Waals surface area (Å²) in [6.07, 6.45) is 1.21. The van der Waals surface area contributed by atoms with E-state index in [1.54, 1.807) is 43.3 Å². The second kappa shape index (κ2) is 12.0. The van der Waals surface area contributed by atoms with Crippen molar-refractivity contribution in [3.8, 4) is 22.9 Å². The number of hydrogen-bond acceptors (Lipinski definition) is 6. The smallest absolute Gasteiger partial charge is 0.265 e. The third kappa shape index (κ3) is 5.88. The van der Waals surface area contributed by atoms with Crippen LogP contribution in [0.3, 0.4) is 0 Å². The number of carbonyl (C=O) groups is 1. The van der Waals surface area contributed by atoms with Crippen molar-refractivity contribution >= 4 is 28.1 Å². The first-order chi connectivity index (χ1) is 18.5. The first kappa shape index (κ1) is 27.7. The number of fused-ring (bicyclic) bond motifs is 1. The fourth-order valence-electron chi connectivity index (χ4n) is 4.27. The summed E-state index contributed by atoms with van der Waals surface area (Å²) in [5.41, 5.74) is 2.45. The molecular weight excluding hydrogens is 517 g/mol. The number of thiophene rings is 1. The summed E-state index contributed by atoms with van der Waals surface area (Å²) in [6.45, 7) is 1.90. The summed E-state index contributed by atoms with van der Waals surface area (Å²) in [5.74, 6) is 1.28. The number of amides is 1. The van der Waals surface area contributed by atoms with Gasteiger partial charge in [-0.1, -0.05) is 19.6 Å². The molecule has 0 aliphatic heterocycles. The summed E-state index contributed by atoms with van der Waals surface area (Å²) in [5, 5.41) is 10.2. The van der Waals surface area contributed by atoms with Crippen LogP contribution in [-0.4, -0.2) is 35.9 Å². The monoisotopic (exact) mass is 547 g/mol. The minimum Gasteiger partial charge on any atom is -0.497 e. The van der Waals surface area contributed by atoms with Crippen molar-refractivity contribution in [1.82, 2.24) is 15.1 Å². The molecule has 2 aromatic heterocycles. The number of carbonyl (C=O) groups excluding carboxylic acids is 1. The van der Waals surface area contributed by atoms with Crippen LogP contribution in [0.5, 0.6) is 17.2 Å². The molecule has 0 unspecified atom stereocenters. The predicted molar refractivity (Wildman–Crippen MR) is 152 cm³/mol. The van der Waals surface area contributed by atoms with Crippen molar-refractivity contribution in [3.05, 3.63) is 101 Å². The number of nitrogens with zero attached hydrogens (tertiary/aromatic N) is 2. The number of hydrogen-bond donors (Lipinski definition) is 1. The van der Waals surface area contributed by atoms with E-state index in [9.17, 15) is 9.18 Å². The number of nitrogens with one attached hydrogen (secondary N) is 1. The highest BCUT2D eigenvalue weighted by Crippen LogP contribution is 2.31. The third-order valence-corrected chi connectivity index (χ3v) is 7.06. The lowest BCUT2D eigenvalue weighted by molar-refractivity contribution is 0.0883. The zero-order valence-corrected chi connectivity index (χ0v) is 21.9. The van der Waals surface area contributed by atoms with E-state index in [0.717, 1.165) is 22.2 Å². The Balaban J connectivity index is 0.00000353. The molecule has 0 fully saturated rings. The van der Waals surface area contributed by atoms with Crippen LogP contribution in [0.2, 0.25) is 0 Å². The zero-order chi connectivity index (χ0) is 26.6. The zero-order valence-electron chi connectivity index (χ0n) is 21.1. The SMILES string of the molecule is C.COc1cccc([C@@H](Oc2ccc3c(cnn3-c3ccc(F)cc3)c2)[C@H](C)NC(=O)c2sccc2OC)c1. The van der Waals surface area contributed by atoms with Crippen molar-refractivity contribution < 1.29 is 23.4 Å². The van der Waals surface area contributed by atoms with Gasteiger partial charge < -0.3 is 19.5 Å². The lowest BCUT2D eigenvalue weighted by Crippen LogP contribution is -2.39. The minimum atomic E-state index is -0.524. The Morgan fingerprint density at radius 3 is 2.54 bits per heavy atom. The fraction of sp³-hybridized carbons (Fsp3) is 0.200. The molecule has 0 saturated heterocycles. The molecule has 0 bridgehead atoms. The average molecular weight is 548 g/mol. The second-order valence-electron chi connectivity index (χ2n) is 8.65. The van der Waals surface area contributed by atoms with Crippen molar-refractivity contribution in [2.75, 3.05) is 14.2 Å². The maximum absolute atomic E-state index is 13.4. The van der Waals surface area contributed by atoms with Gasteiger partial charge in [0.1, 0.15) is 34.0 Å². The number of ether oxygens (including phenoxy) is 3. The standard InChI is InChI=1S/C29H26FN3O4S.CH4/c1-18(32-29(34)28-26(36-3)13-14-38-28)27(19-5-4-6-23(15-19)35-2)37-24-11-12-25-20(16-24)17-31-33(25)22-9-7-21(30)8-10-22;/h4-18,27H,1-3H3,(H,32,34);1H4/t18-,27-;/m0./s1. The molecule has 202 valence electrons. The Hall–Kier alpha value is -4.37. The van der Waals surface area contributed by atoms with Gasteiger partial charge >= 0.3 is 0 Å². The number of aromatic nitrogens is 2. The molecule has 2 atom stereocenters. The largest absolute Gasteiger partial charge is 0.497 e. The lowest BCUT2D eigenvalue weighted by Gasteiger charge is -2.27. The normalized spacial score (nSPS) is 12.3. The van der Waals surface area contributed by atoms with Gasteiger partial charge in [0.2, 0.25) is 0 Å². The van der Waals surface area contributed by atoms with Crippen LogP contribution in [0, 0.1) is 5.82 Å². The highest BCUT2D eigenvalue weighted by Gasteiger charge is 2.26. The Morgan fingerprint density at radius 2 is 1.79 bits per heavy atom. The Labute approximate surface area is 230 Å². The van der Waals surface area contributed by atoms with E-state index in [0.29, 0.717) is 22.1 Å². The molecule has 1 N–H and O–H groups in total. The molecule has 0 aliphatic carbocycles. The van der Waals surface area contributed by atoms with Crippen LogP contribution >= 0.6 is 11.3 Å². The topological polar surface area (TPSA) is 74.6 Å². The molecule has 9 heteroatoms. The summed E-state index contributed by atoms with van der Waals surface area (Å²) in [7, 11) is 3.15. The summed E-state index contributed by atoms with van der Waals surface area (Å²) >= 11 is 1.32. The van der Waals surface area contributed by atoms with E-state index >= 15 is 0 Å². The number of halogens is 1. The van der Waals surface area contributed by atoms with Crippen LogP contribution in [0.4, 0.5) is 4.39 Å². The number of rotatable bonds is 9. The molecule has 0 spiro atoms. The molecule has 39 heavy (non-hydrogen) atoms. The van der Waals surface area contributed by atoms with Crippen LogP contribution in [0.1, 0.15) is 35.7 Å². The van der Waals surface area contributed by atoms with Crippen LogP contribution < -0.4 is 19.5 Å². The Morgan fingerprint density at radius 1 is 1.00 bits per heavy atom. The Bertz CT molecular complexity index is 1560. The van der Waals surface area contributed by atoms with Gasteiger partial charge in [0.15, 0.2) is 0 Å². The van der Waals surface area contributed by atoms with E-state index in [4.69, 9.17) is 14.2 Å². The summed E-state index contributed by atoms with van der Waals surface area (Å²) in [6, 6.07) is 20.8. The predicted octanol–water partition coefficient (Wildman–Crippen LogP) is 6.82. The first-order valence-corrected chi connectivity index (χ1v) is 12.8. The van der Waals surface area contributed by atoms with Crippen LogP contribution in [0.25, 0.3) is 16.6 Å². The Kier molecular flexibility index (Phi) is 8.51. The molecule has 0 radical (unpaired) electrons. The molecular formula is C30H30FN3O4S. The lowest BCUT2D eigenvalue weighted by atomic mass is 10.0. The summed E-state index contributed by atoms with van der Waals surface area (Å²) < 4.78 is 32.4. The highest BCUT2D eigenvalue weighted by atomic mass is 32.1. The molecule has 0 aliphatic rings. The maximum atomic E-state index is 13.4. The van der Waals surface area contributed by atoms with Gasteiger partial charge in [-0.15, -0.1) is 11.3 Å². The molecule has 5 aromatic rings. The van der Waals surface area contributed by atoms with Gasteiger partial charge in [-0.3, -0.25) is 4.79 Å². The van der Waals surface area contributed by atoms with Gasteiger partial charge in [0.05, 0.1) is 37.7 Å². The van der Waals surface area contributed by atoms with E-state index in [-0.39, 0.29) is 19.2 Å². The van der Waals surface area contributed by atoms with Gasteiger partial charge in [-0.25, -0.2) is 9.07 Å². The molecule has 5 rings (SSSR count). The highest BCUT2D eigenvalue weighted by molar-refractivity contribution is 7.12. The quantitative estimate of drug-likeness (QED) is 0.219. The van der Waals surface area contributed by atoms with Gasteiger partial charge in [-0.05, 0) is 78.5 Å². The number of benzene rings is 3. The van der Waals surface area contributed by atoms with Crippen LogP contribution in [0.15, 0.2) is 84.4 Å². The molecule has 7 nitrogen and oxygen atoms in total. The third-order valence-electron chi connectivity index (χ3n) is 6.16. The van der Waals surface area contributed by atoms with Gasteiger partial charge in [-0.2, -0.15) is 5.10 Å². The van der Waals surface area contributed by atoms with E-state index < -0.39 is 12.1 Å². The van der Waals surface area contributed by atoms with Crippen molar-refractivity contribution in [1.29, 1.82) is 0 Å². The van der Waals surface area contributed by atoms with E-state index in [2.05, 4.69) is 10.4 Å². The van der Waals surface area contributed by atoms with E-state index in [1.807, 2.05) is 54.8 Å². The fourth-order valence-corrected chi connectivity index (χ4v) is 5.03. The molecule has 1 amide bonds. The van der Waals surface area contributed by atoms with Gasteiger partial charge in [0.25, 0.3) is 5.91 Å². The first-order valence-electron chi connectivity index (χ1n) is 11.9. The molecule has 2 heterocycles. The molecule has 3 aromatic carbocycles. The van der Waals surface area contributed by atoms with Crippen molar-refractivity contribution in [2.24, 2.45) is 0 Å². The minimum absolute atomic E-state index is 0. The second-order valence-corrected chi connectivity index (χ2v) is 9.56. The molecule has 0 saturated carbocycles. The van der Waals surface area contributed by atoms with E-state index in [1.165, 1.54) is 23.5 Å². The summed E-state index contributed by atoms with van der Waals surface area (Å²) in [4.78, 5) is 13.5. The maximum Gasteiger partial charge on any atom is 0.265 e.